The lowest BCUT2D eigenvalue weighted by Crippen LogP contribution is -2.52. The number of carbonyl (C=O) groups is 2. The predicted molar refractivity (Wildman–Crippen MR) is 73.3 cm³/mol. The van der Waals surface area contributed by atoms with Crippen LogP contribution in [0.5, 0.6) is 5.75 Å². The van der Waals surface area contributed by atoms with Crippen LogP contribution < -0.4 is 0 Å². The molecular formula is C15H16O8. The fourth-order valence-electron chi connectivity index (χ4n) is 3.18. The molecule has 1 spiro atoms. The third-order valence-corrected chi connectivity index (χ3v) is 4.35. The monoisotopic (exact) mass is 324 g/mol. The van der Waals surface area contributed by atoms with Crippen LogP contribution >= 0.6 is 0 Å². The van der Waals surface area contributed by atoms with Crippen LogP contribution in [-0.4, -0.2) is 62.9 Å². The quantitative estimate of drug-likeness (QED) is 0.510. The molecular weight excluding hydrogens is 308 g/mol. The van der Waals surface area contributed by atoms with Crippen LogP contribution in [0.4, 0.5) is 0 Å². The van der Waals surface area contributed by atoms with E-state index in [4.69, 9.17) is 14.6 Å². The van der Waals surface area contributed by atoms with Gasteiger partial charge < -0.3 is 29.9 Å². The van der Waals surface area contributed by atoms with Gasteiger partial charge >= 0.3 is 11.9 Å². The maximum atomic E-state index is 12.3. The molecule has 0 unspecified atom stereocenters. The molecule has 8 heteroatoms. The molecule has 2 aliphatic heterocycles. The minimum atomic E-state index is -1.96. The van der Waals surface area contributed by atoms with Crippen LogP contribution in [0.15, 0.2) is 24.3 Å². The number of aliphatic hydroxyl groups is 3. The van der Waals surface area contributed by atoms with Gasteiger partial charge in [0.2, 0.25) is 5.60 Å². The summed E-state index contributed by atoms with van der Waals surface area (Å²) in [4.78, 5) is 24.1. The molecule has 0 aromatic heterocycles. The van der Waals surface area contributed by atoms with Crippen LogP contribution in [0.1, 0.15) is 17.9 Å². The number of carbonyl (C=O) groups excluding carboxylic acids is 2. The number of ether oxygens (including phenoxy) is 2. The molecule has 23 heavy (non-hydrogen) atoms. The highest BCUT2D eigenvalue weighted by Crippen LogP contribution is 2.48. The molecule has 2 aliphatic rings. The van der Waals surface area contributed by atoms with Crippen LogP contribution in [-0.2, 0) is 19.1 Å². The molecule has 0 aliphatic carbocycles. The zero-order chi connectivity index (χ0) is 16.8. The molecule has 2 heterocycles. The van der Waals surface area contributed by atoms with Gasteiger partial charge in [0.15, 0.2) is 6.10 Å². The highest BCUT2D eigenvalue weighted by molar-refractivity contribution is 5.91. The number of aliphatic hydroxyl groups excluding tert-OH is 3. The topological polar surface area (TPSA) is 134 Å². The van der Waals surface area contributed by atoms with Crippen molar-refractivity contribution in [1.29, 1.82) is 0 Å². The second kappa shape index (κ2) is 5.48. The van der Waals surface area contributed by atoms with E-state index in [1.54, 1.807) is 0 Å². The van der Waals surface area contributed by atoms with E-state index in [0.717, 1.165) is 0 Å². The van der Waals surface area contributed by atoms with Crippen LogP contribution in [0, 0.1) is 0 Å². The van der Waals surface area contributed by atoms with Crippen molar-refractivity contribution in [3.05, 3.63) is 29.8 Å². The van der Waals surface area contributed by atoms with Gasteiger partial charge in [-0.15, -0.1) is 0 Å². The zero-order valence-corrected chi connectivity index (χ0v) is 12.0. The van der Waals surface area contributed by atoms with E-state index in [2.05, 4.69) is 0 Å². The van der Waals surface area contributed by atoms with Gasteiger partial charge in [0.25, 0.3) is 0 Å². The minimum absolute atomic E-state index is 0.0103. The second-order valence-electron chi connectivity index (χ2n) is 5.68. The Hall–Kier alpha value is -2.16. The number of cyclic esters (lactones) is 1. The largest absolute Gasteiger partial charge is 0.508 e. The average Bonchev–Trinajstić information content (AvgIpc) is 3.01. The first-order valence-electron chi connectivity index (χ1n) is 7.09. The molecule has 3 rings (SSSR count). The summed E-state index contributed by atoms with van der Waals surface area (Å²) in [6, 6.07) is 5.80. The van der Waals surface area contributed by atoms with Gasteiger partial charge in [-0.2, -0.15) is 0 Å². The van der Waals surface area contributed by atoms with E-state index in [0.29, 0.717) is 5.56 Å². The fourth-order valence-corrected chi connectivity index (χ4v) is 3.18. The van der Waals surface area contributed by atoms with Gasteiger partial charge in [0.05, 0.1) is 13.0 Å². The van der Waals surface area contributed by atoms with Gasteiger partial charge in [0, 0.05) is 5.92 Å². The van der Waals surface area contributed by atoms with Crippen molar-refractivity contribution in [2.45, 2.75) is 36.3 Å². The summed E-state index contributed by atoms with van der Waals surface area (Å²) in [5, 5.41) is 38.5. The van der Waals surface area contributed by atoms with Gasteiger partial charge in [-0.25, -0.2) is 4.79 Å². The number of aromatic hydroxyl groups is 1. The van der Waals surface area contributed by atoms with E-state index in [1.165, 1.54) is 24.3 Å². The number of benzene rings is 1. The number of hydrogen-bond donors (Lipinski definition) is 4. The van der Waals surface area contributed by atoms with Crippen LogP contribution in [0.25, 0.3) is 0 Å². The van der Waals surface area contributed by atoms with E-state index in [1.807, 2.05) is 0 Å². The molecule has 1 aromatic carbocycles. The van der Waals surface area contributed by atoms with E-state index in [-0.39, 0.29) is 12.2 Å². The minimum Gasteiger partial charge on any atom is -0.508 e. The summed E-state index contributed by atoms with van der Waals surface area (Å²) in [6.07, 6.45) is -4.66. The average molecular weight is 324 g/mol. The predicted octanol–water partition coefficient (Wildman–Crippen LogP) is -1.20. The summed E-state index contributed by atoms with van der Waals surface area (Å²) in [7, 11) is 0. The number of hydrogen-bond acceptors (Lipinski definition) is 8. The standard InChI is InChI=1S/C15H16O8/c16-6-10(18)12-13(20)15(14(21)22-12)9(5-11(19)23-15)7-1-3-8(17)4-2-7/h1-4,9-10,12-13,16-18,20H,5-6H2/t9-,10-,12+,13-,15-/m0/s1. The highest BCUT2D eigenvalue weighted by atomic mass is 16.6. The molecule has 2 fully saturated rings. The lowest BCUT2D eigenvalue weighted by Gasteiger charge is -2.29. The Labute approximate surface area is 130 Å². The lowest BCUT2D eigenvalue weighted by molar-refractivity contribution is -0.169. The molecule has 0 amide bonds. The SMILES string of the molecule is O=C1C[C@@H](c2ccc(O)cc2)[C@@]2(O1)C(=O)O[C@H]([C@@H](O)CO)[C@@H]2O. The van der Waals surface area contributed by atoms with E-state index >= 15 is 0 Å². The van der Waals surface area contributed by atoms with Gasteiger partial charge in [-0.1, -0.05) is 12.1 Å². The van der Waals surface area contributed by atoms with Crippen molar-refractivity contribution in [2.75, 3.05) is 6.61 Å². The van der Waals surface area contributed by atoms with Gasteiger partial charge in [0.1, 0.15) is 18.0 Å². The van der Waals surface area contributed by atoms with Crippen molar-refractivity contribution < 1.29 is 39.5 Å². The maximum absolute atomic E-state index is 12.3. The molecule has 0 bridgehead atoms. The summed E-state index contributed by atoms with van der Waals surface area (Å²) in [5.74, 6) is -2.46. The van der Waals surface area contributed by atoms with Crippen molar-refractivity contribution in [3.8, 4) is 5.75 Å². The fraction of sp³-hybridized carbons (Fsp3) is 0.467. The third-order valence-electron chi connectivity index (χ3n) is 4.35. The van der Waals surface area contributed by atoms with Gasteiger partial charge in [-0.3, -0.25) is 4.79 Å². The van der Waals surface area contributed by atoms with Crippen molar-refractivity contribution in [3.63, 3.8) is 0 Å². The molecule has 124 valence electrons. The summed E-state index contributed by atoms with van der Waals surface area (Å²) in [5.41, 5.74) is -1.46. The van der Waals surface area contributed by atoms with E-state index < -0.39 is 48.4 Å². The summed E-state index contributed by atoms with van der Waals surface area (Å²) < 4.78 is 10.1. The Morgan fingerprint density at radius 3 is 2.52 bits per heavy atom. The molecule has 0 radical (unpaired) electrons. The Morgan fingerprint density at radius 2 is 1.91 bits per heavy atom. The molecule has 5 atom stereocenters. The number of rotatable bonds is 3. The molecule has 1 aromatic rings. The van der Waals surface area contributed by atoms with Crippen molar-refractivity contribution in [1.82, 2.24) is 0 Å². The Bertz CT molecular complexity index is 627. The molecule has 2 saturated heterocycles. The summed E-state index contributed by atoms with van der Waals surface area (Å²) >= 11 is 0. The van der Waals surface area contributed by atoms with Crippen LogP contribution in [0.2, 0.25) is 0 Å². The smallest absolute Gasteiger partial charge is 0.354 e. The lowest BCUT2D eigenvalue weighted by atomic mass is 9.77. The van der Waals surface area contributed by atoms with Crippen molar-refractivity contribution >= 4 is 11.9 Å². The number of phenols is 1. The number of phenolic OH excluding ortho intramolecular Hbond substituents is 1. The first kappa shape index (κ1) is 15.7. The highest BCUT2D eigenvalue weighted by Gasteiger charge is 2.69. The Kier molecular flexibility index (Phi) is 3.75. The van der Waals surface area contributed by atoms with E-state index in [9.17, 15) is 24.9 Å². The van der Waals surface area contributed by atoms with Crippen molar-refractivity contribution in [2.24, 2.45) is 0 Å². The molecule has 8 nitrogen and oxygen atoms in total. The maximum Gasteiger partial charge on any atom is 0.354 e. The van der Waals surface area contributed by atoms with Gasteiger partial charge in [-0.05, 0) is 17.7 Å². The third kappa shape index (κ3) is 2.26. The number of esters is 2. The first-order valence-corrected chi connectivity index (χ1v) is 7.09. The Morgan fingerprint density at radius 1 is 1.26 bits per heavy atom. The zero-order valence-electron chi connectivity index (χ0n) is 12.0. The molecule has 0 saturated carbocycles. The Balaban J connectivity index is 2.02. The van der Waals surface area contributed by atoms with Crippen LogP contribution in [0.3, 0.4) is 0 Å². The first-order chi connectivity index (χ1) is 10.9. The second-order valence-corrected chi connectivity index (χ2v) is 5.68. The summed E-state index contributed by atoms with van der Waals surface area (Å²) in [6.45, 7) is -0.719. The normalized spacial score (nSPS) is 34.5. The molecule has 4 N–H and O–H groups in total.